The number of rotatable bonds is 3. The molecule has 2 aromatic rings. The van der Waals surface area contributed by atoms with Crippen LogP contribution < -0.4 is 10.6 Å². The van der Waals surface area contributed by atoms with Gasteiger partial charge in [0.2, 0.25) is 11.2 Å². The Balaban J connectivity index is 2.03. The van der Waals surface area contributed by atoms with Crippen molar-refractivity contribution in [3.8, 4) is 0 Å². The highest BCUT2D eigenvalue weighted by Crippen LogP contribution is 2.22. The second kappa shape index (κ2) is 4.94. The first kappa shape index (κ1) is 12.6. The lowest BCUT2D eigenvalue weighted by Crippen LogP contribution is -2.24. The molecule has 0 amide bonds. The molecule has 2 aromatic heterocycles. The zero-order valence-corrected chi connectivity index (χ0v) is 11.8. The van der Waals surface area contributed by atoms with Crippen molar-refractivity contribution in [1.82, 2.24) is 24.9 Å². The zero-order valence-electron chi connectivity index (χ0n) is 11.0. The van der Waals surface area contributed by atoms with Crippen LogP contribution >= 0.6 is 11.6 Å². The molecule has 0 bridgehead atoms. The van der Waals surface area contributed by atoms with E-state index in [9.17, 15) is 0 Å². The van der Waals surface area contributed by atoms with Crippen molar-refractivity contribution in [2.75, 3.05) is 18.4 Å². The summed E-state index contributed by atoms with van der Waals surface area (Å²) in [7, 11) is 0. The van der Waals surface area contributed by atoms with E-state index in [-0.39, 0.29) is 5.28 Å². The van der Waals surface area contributed by atoms with E-state index < -0.39 is 0 Å². The summed E-state index contributed by atoms with van der Waals surface area (Å²) in [5, 5.41) is 11.3. The van der Waals surface area contributed by atoms with E-state index >= 15 is 0 Å². The molecule has 102 valence electrons. The topological polar surface area (TPSA) is 67.1 Å². The summed E-state index contributed by atoms with van der Waals surface area (Å²) in [6.07, 6.45) is 2.91. The Bertz CT molecular complexity index is 587. The smallest absolute Gasteiger partial charge is 0.228 e. The van der Waals surface area contributed by atoms with Crippen LogP contribution in [0.5, 0.6) is 0 Å². The van der Waals surface area contributed by atoms with Crippen LogP contribution in [0.15, 0.2) is 6.20 Å². The van der Waals surface area contributed by atoms with Crippen molar-refractivity contribution in [3.63, 3.8) is 0 Å². The molecule has 0 aliphatic carbocycles. The summed E-state index contributed by atoms with van der Waals surface area (Å²) < 4.78 is 1.74. The first-order chi connectivity index (χ1) is 9.15. The van der Waals surface area contributed by atoms with Gasteiger partial charge in [0, 0.05) is 18.2 Å². The van der Waals surface area contributed by atoms with Gasteiger partial charge in [-0.2, -0.15) is 19.6 Å². The SMILES string of the molecule is CC(C)c1cnn2c(N[C@H]3CCNC3)nc(Cl)nc12. The van der Waals surface area contributed by atoms with E-state index in [1.54, 1.807) is 4.52 Å². The van der Waals surface area contributed by atoms with E-state index in [1.807, 2.05) is 6.20 Å². The Morgan fingerprint density at radius 3 is 3.00 bits per heavy atom. The lowest BCUT2D eigenvalue weighted by molar-refractivity contribution is 0.761. The summed E-state index contributed by atoms with van der Waals surface area (Å²) in [4.78, 5) is 8.54. The second-order valence-electron chi connectivity index (χ2n) is 5.14. The van der Waals surface area contributed by atoms with Crippen LogP contribution in [0.4, 0.5) is 5.95 Å². The molecule has 1 saturated heterocycles. The standard InChI is InChI=1S/C12H17ClN6/c1-7(2)9-6-15-19-10(9)17-11(13)18-12(19)16-8-3-4-14-5-8/h6-8,14H,3-5H2,1-2H3,(H,16,17,18)/t8-/m0/s1. The molecule has 0 radical (unpaired) electrons. The molecule has 1 atom stereocenters. The van der Waals surface area contributed by atoms with E-state index in [0.717, 1.165) is 30.7 Å². The van der Waals surface area contributed by atoms with Crippen LogP contribution in [-0.4, -0.2) is 38.7 Å². The zero-order chi connectivity index (χ0) is 13.4. The van der Waals surface area contributed by atoms with E-state index in [4.69, 9.17) is 11.6 Å². The van der Waals surface area contributed by atoms with Crippen LogP contribution in [0.25, 0.3) is 5.65 Å². The molecule has 7 heteroatoms. The van der Waals surface area contributed by atoms with Crippen LogP contribution in [-0.2, 0) is 0 Å². The fourth-order valence-corrected chi connectivity index (χ4v) is 2.49. The number of halogens is 1. The number of nitrogens with one attached hydrogen (secondary N) is 2. The molecule has 0 spiro atoms. The molecule has 3 rings (SSSR count). The predicted octanol–water partition coefficient (Wildman–Crippen LogP) is 1.67. The third-order valence-electron chi connectivity index (χ3n) is 3.38. The van der Waals surface area contributed by atoms with Gasteiger partial charge in [0.05, 0.1) is 6.20 Å². The highest BCUT2D eigenvalue weighted by Gasteiger charge is 2.19. The van der Waals surface area contributed by atoms with Gasteiger partial charge in [0.1, 0.15) is 0 Å². The van der Waals surface area contributed by atoms with E-state index in [0.29, 0.717) is 17.9 Å². The average Bonchev–Trinajstić information content (AvgIpc) is 2.97. The molecule has 19 heavy (non-hydrogen) atoms. The number of fused-ring (bicyclic) bond motifs is 1. The maximum absolute atomic E-state index is 6.02. The second-order valence-corrected chi connectivity index (χ2v) is 5.48. The molecule has 2 N–H and O–H groups in total. The Labute approximate surface area is 116 Å². The Hall–Kier alpha value is -1.40. The fraction of sp³-hybridized carbons (Fsp3) is 0.583. The molecule has 0 saturated carbocycles. The highest BCUT2D eigenvalue weighted by atomic mass is 35.5. The molecule has 0 aromatic carbocycles. The van der Waals surface area contributed by atoms with Crippen LogP contribution in [0.1, 0.15) is 31.7 Å². The van der Waals surface area contributed by atoms with E-state index in [1.165, 1.54) is 0 Å². The summed E-state index contributed by atoms with van der Waals surface area (Å²) in [5.41, 5.74) is 1.86. The predicted molar refractivity (Wildman–Crippen MR) is 74.8 cm³/mol. The van der Waals surface area contributed by atoms with Gasteiger partial charge in [0.15, 0.2) is 5.65 Å². The van der Waals surface area contributed by atoms with Crippen LogP contribution in [0.2, 0.25) is 5.28 Å². The highest BCUT2D eigenvalue weighted by molar-refractivity contribution is 6.28. The van der Waals surface area contributed by atoms with Gasteiger partial charge >= 0.3 is 0 Å². The molecule has 1 fully saturated rings. The summed E-state index contributed by atoms with van der Waals surface area (Å²) >= 11 is 6.02. The van der Waals surface area contributed by atoms with Crippen molar-refractivity contribution < 1.29 is 0 Å². The van der Waals surface area contributed by atoms with Crippen LogP contribution in [0.3, 0.4) is 0 Å². The average molecular weight is 281 g/mol. The quantitative estimate of drug-likeness (QED) is 0.895. The number of aromatic nitrogens is 4. The monoisotopic (exact) mass is 280 g/mol. The first-order valence-corrected chi connectivity index (χ1v) is 6.91. The third kappa shape index (κ3) is 2.37. The fourth-order valence-electron chi connectivity index (χ4n) is 2.33. The van der Waals surface area contributed by atoms with Gasteiger partial charge in [-0.15, -0.1) is 0 Å². The molecular weight excluding hydrogens is 264 g/mol. The normalized spacial score (nSPS) is 19.5. The van der Waals surface area contributed by atoms with E-state index in [2.05, 4.69) is 39.5 Å². The summed E-state index contributed by atoms with van der Waals surface area (Å²) in [5.74, 6) is 1.01. The minimum Gasteiger partial charge on any atom is -0.350 e. The van der Waals surface area contributed by atoms with Crippen molar-refractivity contribution >= 4 is 23.2 Å². The number of hydrogen-bond acceptors (Lipinski definition) is 5. The molecule has 3 heterocycles. The van der Waals surface area contributed by atoms with Gasteiger partial charge < -0.3 is 10.6 Å². The number of anilines is 1. The maximum Gasteiger partial charge on any atom is 0.228 e. The van der Waals surface area contributed by atoms with Gasteiger partial charge in [-0.05, 0) is 30.5 Å². The summed E-state index contributed by atoms with van der Waals surface area (Å²) in [6.45, 7) is 6.18. The first-order valence-electron chi connectivity index (χ1n) is 6.53. The Kier molecular flexibility index (Phi) is 3.28. The molecule has 1 aliphatic heterocycles. The van der Waals surface area contributed by atoms with Crippen molar-refractivity contribution in [2.45, 2.75) is 32.2 Å². The maximum atomic E-state index is 6.02. The van der Waals surface area contributed by atoms with Gasteiger partial charge in [-0.1, -0.05) is 13.8 Å². The lowest BCUT2D eigenvalue weighted by atomic mass is 10.1. The van der Waals surface area contributed by atoms with Gasteiger partial charge in [-0.25, -0.2) is 0 Å². The van der Waals surface area contributed by atoms with Crippen molar-refractivity contribution in [3.05, 3.63) is 17.0 Å². The Morgan fingerprint density at radius 1 is 1.47 bits per heavy atom. The molecule has 6 nitrogen and oxygen atoms in total. The molecule has 0 unspecified atom stereocenters. The molecule has 1 aliphatic rings. The number of hydrogen-bond donors (Lipinski definition) is 2. The minimum atomic E-state index is 0.253. The molecular formula is C12H17ClN6. The lowest BCUT2D eigenvalue weighted by Gasteiger charge is -2.13. The largest absolute Gasteiger partial charge is 0.350 e. The van der Waals surface area contributed by atoms with Crippen molar-refractivity contribution in [1.29, 1.82) is 0 Å². The van der Waals surface area contributed by atoms with Gasteiger partial charge in [-0.3, -0.25) is 0 Å². The summed E-state index contributed by atoms with van der Waals surface area (Å²) in [6, 6.07) is 0.362. The third-order valence-corrected chi connectivity index (χ3v) is 3.55. The number of nitrogens with zero attached hydrogens (tertiary/aromatic N) is 4. The van der Waals surface area contributed by atoms with Crippen molar-refractivity contribution in [2.24, 2.45) is 0 Å². The van der Waals surface area contributed by atoms with Crippen LogP contribution in [0, 0.1) is 0 Å². The minimum absolute atomic E-state index is 0.253. The Morgan fingerprint density at radius 2 is 2.32 bits per heavy atom. The van der Waals surface area contributed by atoms with Gasteiger partial charge in [0.25, 0.3) is 0 Å².